The maximum absolute atomic E-state index is 5.56. The molecular weight excluding hydrogens is 374 g/mol. The van der Waals surface area contributed by atoms with Crippen molar-refractivity contribution in [1.29, 1.82) is 0 Å². The van der Waals surface area contributed by atoms with Gasteiger partial charge >= 0.3 is 0 Å². The second kappa shape index (κ2) is 9.35. The SMILES string of the molecule is CCc1ccc(OC)c(-c2ncc(CN3CCC(c4ccccc4OC)CC3)[nH]2)c1. The molecule has 1 N–H and O–H groups in total. The highest BCUT2D eigenvalue weighted by atomic mass is 16.5. The minimum Gasteiger partial charge on any atom is -0.496 e. The van der Waals surface area contributed by atoms with Crippen LogP contribution in [0.3, 0.4) is 0 Å². The van der Waals surface area contributed by atoms with Crippen molar-refractivity contribution in [2.45, 2.75) is 38.6 Å². The minimum absolute atomic E-state index is 0.566. The number of nitrogens with zero attached hydrogens (tertiary/aromatic N) is 2. The first kappa shape index (κ1) is 20.5. The fourth-order valence-electron chi connectivity index (χ4n) is 4.38. The molecular formula is C25H31N3O2. The zero-order valence-corrected chi connectivity index (χ0v) is 18.1. The van der Waals surface area contributed by atoms with Crippen molar-refractivity contribution < 1.29 is 9.47 Å². The van der Waals surface area contributed by atoms with Gasteiger partial charge in [-0.05, 0) is 67.6 Å². The lowest BCUT2D eigenvalue weighted by atomic mass is 9.89. The number of benzene rings is 2. The molecule has 2 heterocycles. The number of hydrogen-bond acceptors (Lipinski definition) is 4. The van der Waals surface area contributed by atoms with E-state index in [0.29, 0.717) is 5.92 Å². The number of methoxy groups -OCH3 is 2. The third-order valence-corrected chi connectivity index (χ3v) is 6.12. The molecule has 0 aliphatic carbocycles. The van der Waals surface area contributed by atoms with E-state index in [9.17, 15) is 0 Å². The standard InChI is InChI=1S/C25H31N3O2/c1-4-18-9-10-24(30-3)22(15-18)25-26-16-20(27-25)17-28-13-11-19(12-14-28)21-7-5-6-8-23(21)29-2/h5-10,15-16,19H,4,11-14,17H2,1-3H3,(H,26,27). The first-order chi connectivity index (χ1) is 14.7. The van der Waals surface area contributed by atoms with E-state index in [2.05, 4.69) is 52.1 Å². The fraction of sp³-hybridized carbons (Fsp3) is 0.400. The summed E-state index contributed by atoms with van der Waals surface area (Å²) in [5, 5.41) is 0. The maximum atomic E-state index is 5.56. The molecule has 1 aromatic heterocycles. The highest BCUT2D eigenvalue weighted by molar-refractivity contribution is 5.65. The molecule has 30 heavy (non-hydrogen) atoms. The zero-order chi connectivity index (χ0) is 20.9. The number of likely N-dealkylation sites (tertiary alicyclic amines) is 1. The number of aromatic nitrogens is 2. The van der Waals surface area contributed by atoms with Crippen LogP contribution in [0.2, 0.25) is 0 Å². The van der Waals surface area contributed by atoms with Crippen molar-refractivity contribution in [2.24, 2.45) is 0 Å². The normalized spacial score (nSPS) is 15.3. The van der Waals surface area contributed by atoms with Gasteiger partial charge in [0.15, 0.2) is 0 Å². The van der Waals surface area contributed by atoms with Gasteiger partial charge in [-0.25, -0.2) is 4.98 Å². The molecule has 0 unspecified atom stereocenters. The monoisotopic (exact) mass is 405 g/mol. The lowest BCUT2D eigenvalue weighted by Gasteiger charge is -2.32. The van der Waals surface area contributed by atoms with E-state index in [-0.39, 0.29) is 0 Å². The van der Waals surface area contributed by atoms with E-state index >= 15 is 0 Å². The third kappa shape index (κ3) is 4.36. The van der Waals surface area contributed by atoms with E-state index in [1.165, 1.54) is 11.1 Å². The number of aryl methyl sites for hydroxylation is 1. The van der Waals surface area contributed by atoms with E-state index < -0.39 is 0 Å². The Hall–Kier alpha value is -2.79. The lowest BCUT2D eigenvalue weighted by molar-refractivity contribution is 0.201. The summed E-state index contributed by atoms with van der Waals surface area (Å²) in [6, 6.07) is 14.7. The van der Waals surface area contributed by atoms with Crippen LogP contribution >= 0.6 is 0 Å². The van der Waals surface area contributed by atoms with Gasteiger partial charge in [-0.3, -0.25) is 4.90 Å². The number of aromatic amines is 1. The Bertz CT molecular complexity index is 974. The van der Waals surface area contributed by atoms with E-state index in [4.69, 9.17) is 9.47 Å². The molecule has 4 rings (SSSR count). The minimum atomic E-state index is 0.566. The molecule has 1 aliphatic rings. The maximum Gasteiger partial charge on any atom is 0.141 e. The van der Waals surface area contributed by atoms with Crippen LogP contribution in [-0.2, 0) is 13.0 Å². The van der Waals surface area contributed by atoms with E-state index in [0.717, 1.165) is 67.5 Å². The van der Waals surface area contributed by atoms with Gasteiger partial charge in [0.2, 0.25) is 0 Å². The number of imidazole rings is 1. The van der Waals surface area contributed by atoms with Crippen molar-refractivity contribution in [1.82, 2.24) is 14.9 Å². The summed E-state index contributed by atoms with van der Waals surface area (Å²) in [6.45, 7) is 5.20. The second-order valence-corrected chi connectivity index (χ2v) is 7.94. The van der Waals surface area contributed by atoms with Crippen molar-refractivity contribution in [3.8, 4) is 22.9 Å². The molecule has 5 heteroatoms. The lowest BCUT2D eigenvalue weighted by Crippen LogP contribution is -2.32. The summed E-state index contributed by atoms with van der Waals surface area (Å²) < 4.78 is 11.1. The highest BCUT2D eigenvalue weighted by Gasteiger charge is 2.23. The topological polar surface area (TPSA) is 50.4 Å². The molecule has 0 spiro atoms. The number of rotatable bonds is 7. The molecule has 2 aromatic carbocycles. The van der Waals surface area contributed by atoms with Gasteiger partial charge in [0, 0.05) is 18.4 Å². The summed E-state index contributed by atoms with van der Waals surface area (Å²) >= 11 is 0. The molecule has 1 fully saturated rings. The van der Waals surface area contributed by atoms with Crippen LogP contribution in [0.15, 0.2) is 48.7 Å². The third-order valence-electron chi connectivity index (χ3n) is 6.12. The van der Waals surface area contributed by atoms with Crippen LogP contribution < -0.4 is 9.47 Å². The fourth-order valence-corrected chi connectivity index (χ4v) is 4.38. The molecule has 1 saturated heterocycles. The summed E-state index contributed by atoms with van der Waals surface area (Å²) in [6.07, 6.45) is 5.24. The van der Waals surface area contributed by atoms with Crippen molar-refractivity contribution in [3.63, 3.8) is 0 Å². The molecule has 3 aromatic rings. The number of H-pyrrole nitrogens is 1. The summed E-state index contributed by atoms with van der Waals surface area (Å²) in [5.74, 6) is 3.31. The molecule has 0 radical (unpaired) electrons. The van der Waals surface area contributed by atoms with Gasteiger partial charge < -0.3 is 14.5 Å². The van der Waals surface area contributed by atoms with Gasteiger partial charge in [0.25, 0.3) is 0 Å². The second-order valence-electron chi connectivity index (χ2n) is 7.94. The van der Waals surface area contributed by atoms with Crippen LogP contribution in [0.25, 0.3) is 11.4 Å². The molecule has 0 saturated carbocycles. The average Bonchev–Trinajstić information content (AvgIpc) is 3.27. The van der Waals surface area contributed by atoms with E-state index in [1.807, 2.05) is 18.3 Å². The Labute approximate surface area is 179 Å². The average molecular weight is 406 g/mol. The molecule has 0 bridgehead atoms. The van der Waals surface area contributed by atoms with Gasteiger partial charge in [-0.15, -0.1) is 0 Å². The van der Waals surface area contributed by atoms with Crippen LogP contribution in [0, 0.1) is 0 Å². The number of piperidine rings is 1. The van der Waals surface area contributed by atoms with Crippen LogP contribution in [0.5, 0.6) is 11.5 Å². The van der Waals surface area contributed by atoms with Crippen LogP contribution in [0.1, 0.15) is 42.5 Å². The smallest absolute Gasteiger partial charge is 0.141 e. The van der Waals surface area contributed by atoms with Gasteiger partial charge in [0.05, 0.1) is 19.8 Å². The predicted octanol–water partition coefficient (Wildman–Crippen LogP) is 5.04. The first-order valence-electron chi connectivity index (χ1n) is 10.8. The largest absolute Gasteiger partial charge is 0.496 e. The Morgan fingerprint density at radius 1 is 1.03 bits per heavy atom. The Kier molecular flexibility index (Phi) is 6.38. The number of ether oxygens (including phenoxy) is 2. The van der Waals surface area contributed by atoms with Crippen LogP contribution in [-0.4, -0.2) is 42.2 Å². The number of nitrogens with one attached hydrogen (secondary N) is 1. The zero-order valence-electron chi connectivity index (χ0n) is 18.1. The highest BCUT2D eigenvalue weighted by Crippen LogP contribution is 2.34. The van der Waals surface area contributed by atoms with Crippen molar-refractivity contribution >= 4 is 0 Å². The van der Waals surface area contributed by atoms with Crippen molar-refractivity contribution in [3.05, 3.63) is 65.5 Å². The molecule has 5 nitrogen and oxygen atoms in total. The summed E-state index contributed by atoms with van der Waals surface area (Å²) in [5.41, 5.74) is 4.79. The number of para-hydroxylation sites is 1. The molecule has 0 atom stereocenters. The van der Waals surface area contributed by atoms with Crippen LogP contribution in [0.4, 0.5) is 0 Å². The van der Waals surface area contributed by atoms with Gasteiger partial charge in [-0.1, -0.05) is 31.2 Å². The molecule has 1 aliphatic heterocycles. The quantitative estimate of drug-likeness (QED) is 0.599. The Balaban J connectivity index is 1.41. The number of hydrogen-bond donors (Lipinski definition) is 1. The summed E-state index contributed by atoms with van der Waals surface area (Å²) in [7, 11) is 3.47. The van der Waals surface area contributed by atoms with Crippen molar-refractivity contribution in [2.75, 3.05) is 27.3 Å². The first-order valence-corrected chi connectivity index (χ1v) is 10.8. The van der Waals surface area contributed by atoms with E-state index in [1.54, 1.807) is 14.2 Å². The Morgan fingerprint density at radius 3 is 2.53 bits per heavy atom. The predicted molar refractivity (Wildman–Crippen MR) is 120 cm³/mol. The molecule has 0 amide bonds. The van der Waals surface area contributed by atoms with Gasteiger partial charge in [0.1, 0.15) is 17.3 Å². The van der Waals surface area contributed by atoms with Gasteiger partial charge in [-0.2, -0.15) is 0 Å². The summed E-state index contributed by atoms with van der Waals surface area (Å²) in [4.78, 5) is 10.7. The Morgan fingerprint density at radius 2 is 1.80 bits per heavy atom. The molecule has 158 valence electrons.